The molecule has 0 fully saturated rings. The topological polar surface area (TPSA) is 89.4 Å². The van der Waals surface area contributed by atoms with Crippen LogP contribution in [0.4, 0.5) is 10.5 Å². The van der Waals surface area contributed by atoms with E-state index in [1.165, 1.54) is 11.8 Å². The Kier molecular flexibility index (Phi) is 8.22. The maximum atomic E-state index is 13.2. The van der Waals surface area contributed by atoms with Gasteiger partial charge in [-0.05, 0) is 56.7 Å². The molecule has 2 N–H and O–H groups in total. The van der Waals surface area contributed by atoms with Crippen LogP contribution in [0.1, 0.15) is 26.3 Å². The van der Waals surface area contributed by atoms with Gasteiger partial charge in [-0.15, -0.1) is 0 Å². The van der Waals surface area contributed by atoms with Gasteiger partial charge < -0.3 is 19.9 Å². The second-order valence-corrected chi connectivity index (χ2v) is 11.0. The van der Waals surface area contributed by atoms with E-state index in [0.29, 0.717) is 12.1 Å². The second-order valence-electron chi connectivity index (χ2n) is 9.93. The van der Waals surface area contributed by atoms with E-state index in [2.05, 4.69) is 10.6 Å². The van der Waals surface area contributed by atoms with Crippen molar-refractivity contribution in [3.63, 3.8) is 0 Å². The second kappa shape index (κ2) is 11.6. The van der Waals surface area contributed by atoms with E-state index in [1.54, 1.807) is 50.6 Å². The Morgan fingerprint density at radius 3 is 2.29 bits per heavy atom. The first-order chi connectivity index (χ1) is 18.1. The third kappa shape index (κ3) is 7.04. The predicted molar refractivity (Wildman–Crippen MR) is 152 cm³/mol. The van der Waals surface area contributed by atoms with Crippen molar-refractivity contribution in [1.82, 2.24) is 9.88 Å². The van der Waals surface area contributed by atoms with Crippen LogP contribution in [0.25, 0.3) is 10.9 Å². The van der Waals surface area contributed by atoms with Gasteiger partial charge >= 0.3 is 6.09 Å². The van der Waals surface area contributed by atoms with Gasteiger partial charge in [-0.25, -0.2) is 4.79 Å². The molecule has 0 bridgehead atoms. The first kappa shape index (κ1) is 27.0. The van der Waals surface area contributed by atoms with Gasteiger partial charge in [0.2, 0.25) is 5.91 Å². The molecule has 2 amide bonds. The van der Waals surface area contributed by atoms with Crippen LogP contribution in [0.3, 0.4) is 0 Å². The van der Waals surface area contributed by atoms with Crippen molar-refractivity contribution in [2.24, 2.45) is 7.05 Å². The highest BCUT2D eigenvalue weighted by atomic mass is 32.2. The number of anilines is 1. The molecule has 3 aromatic carbocycles. The molecule has 0 saturated carbocycles. The number of carbonyl (C=O) groups excluding carboxylic acids is 2. The van der Waals surface area contributed by atoms with Gasteiger partial charge in [0.1, 0.15) is 11.6 Å². The Morgan fingerprint density at radius 1 is 0.947 bits per heavy atom. The quantitative estimate of drug-likeness (QED) is 0.318. The molecule has 0 aliphatic heterocycles. The van der Waals surface area contributed by atoms with Gasteiger partial charge in [0.25, 0.3) is 5.56 Å². The fraction of sp³-hybridized carbons (Fsp3) is 0.233. The number of amides is 2. The average molecular weight is 530 g/mol. The summed E-state index contributed by atoms with van der Waals surface area (Å²) in [5, 5.41) is 6.59. The zero-order valence-corrected chi connectivity index (χ0v) is 22.7. The van der Waals surface area contributed by atoms with E-state index in [1.807, 2.05) is 66.7 Å². The fourth-order valence-electron chi connectivity index (χ4n) is 3.94. The Bertz CT molecular complexity index is 1490. The number of para-hydroxylation sites is 1. The molecule has 0 unspecified atom stereocenters. The highest BCUT2D eigenvalue weighted by molar-refractivity contribution is 7.99. The fourth-order valence-corrected chi connectivity index (χ4v) is 4.90. The molecule has 0 saturated heterocycles. The van der Waals surface area contributed by atoms with E-state index >= 15 is 0 Å². The number of carbonyl (C=O) groups is 2. The lowest BCUT2D eigenvalue weighted by molar-refractivity contribution is -0.118. The summed E-state index contributed by atoms with van der Waals surface area (Å²) in [7, 11) is 1.76. The number of alkyl carbamates (subject to hydrolysis) is 1. The lowest BCUT2D eigenvalue weighted by atomic mass is 10.1. The minimum absolute atomic E-state index is 0.0722. The number of hydrogen-bond acceptors (Lipinski definition) is 5. The number of aryl methyl sites for hydroxylation is 1. The highest BCUT2D eigenvalue weighted by Gasteiger charge is 2.25. The van der Waals surface area contributed by atoms with Crippen molar-refractivity contribution in [1.29, 1.82) is 0 Å². The maximum absolute atomic E-state index is 13.2. The van der Waals surface area contributed by atoms with Crippen molar-refractivity contribution >= 4 is 40.4 Å². The summed E-state index contributed by atoms with van der Waals surface area (Å²) >= 11 is 1.49. The molecule has 1 aromatic heterocycles. The van der Waals surface area contributed by atoms with E-state index in [0.717, 1.165) is 26.3 Å². The lowest BCUT2D eigenvalue weighted by Gasteiger charge is -2.23. The standard InChI is InChI=1S/C30H31N3O4S/c1-30(2,3)37-29(36)32-24(18-20-10-6-5-7-11-20)28(35)31-21-14-16-22(17-15-21)38-26-19-27(34)33(4)25-13-9-8-12-23(25)26/h5-17,19,24H,18H2,1-4H3,(H,31,35)(H,32,36)/t24-/m0/s1. The van der Waals surface area contributed by atoms with Gasteiger partial charge in [0.05, 0.1) is 5.52 Å². The van der Waals surface area contributed by atoms with Crippen LogP contribution in [0.2, 0.25) is 0 Å². The van der Waals surface area contributed by atoms with Crippen LogP contribution in [-0.2, 0) is 23.0 Å². The minimum atomic E-state index is -0.826. The molecule has 8 heteroatoms. The molecule has 38 heavy (non-hydrogen) atoms. The van der Waals surface area contributed by atoms with Gasteiger partial charge in [0.15, 0.2) is 0 Å². The van der Waals surface area contributed by atoms with Crippen LogP contribution in [-0.4, -0.2) is 28.2 Å². The minimum Gasteiger partial charge on any atom is -0.444 e. The van der Waals surface area contributed by atoms with Gasteiger partial charge in [-0.1, -0.05) is 60.3 Å². The number of pyridine rings is 1. The first-order valence-electron chi connectivity index (χ1n) is 12.3. The van der Waals surface area contributed by atoms with Crippen LogP contribution in [0, 0.1) is 0 Å². The molecule has 4 aromatic rings. The Balaban J connectivity index is 1.48. The molecular weight excluding hydrogens is 498 g/mol. The number of ether oxygens (including phenoxy) is 1. The number of rotatable bonds is 7. The third-order valence-corrected chi connectivity index (χ3v) is 6.82. The first-order valence-corrected chi connectivity index (χ1v) is 13.1. The molecule has 7 nitrogen and oxygen atoms in total. The average Bonchev–Trinajstić information content (AvgIpc) is 2.87. The summed E-state index contributed by atoms with van der Waals surface area (Å²) < 4.78 is 7.00. The van der Waals surface area contributed by atoms with E-state index in [9.17, 15) is 14.4 Å². The van der Waals surface area contributed by atoms with E-state index in [4.69, 9.17) is 4.74 Å². The SMILES string of the molecule is Cn1c(=O)cc(Sc2ccc(NC(=O)[C@H](Cc3ccccc3)NC(=O)OC(C)(C)C)cc2)c2ccccc21. The smallest absolute Gasteiger partial charge is 0.408 e. The monoisotopic (exact) mass is 529 g/mol. The zero-order valence-electron chi connectivity index (χ0n) is 21.9. The van der Waals surface area contributed by atoms with Crippen molar-refractivity contribution in [3.05, 3.63) is 101 Å². The van der Waals surface area contributed by atoms with Crippen LogP contribution >= 0.6 is 11.8 Å². The number of benzene rings is 3. The number of hydrogen-bond donors (Lipinski definition) is 2. The molecule has 1 heterocycles. The number of aromatic nitrogens is 1. The lowest BCUT2D eigenvalue weighted by Crippen LogP contribution is -2.47. The number of nitrogens with one attached hydrogen (secondary N) is 2. The maximum Gasteiger partial charge on any atom is 0.408 e. The van der Waals surface area contributed by atoms with E-state index < -0.39 is 17.7 Å². The van der Waals surface area contributed by atoms with Crippen molar-refractivity contribution in [2.75, 3.05) is 5.32 Å². The number of nitrogens with zero attached hydrogens (tertiary/aromatic N) is 1. The zero-order chi connectivity index (χ0) is 27.3. The van der Waals surface area contributed by atoms with Crippen LogP contribution < -0.4 is 16.2 Å². The molecule has 0 spiro atoms. The Morgan fingerprint density at radius 2 is 1.61 bits per heavy atom. The third-order valence-electron chi connectivity index (χ3n) is 5.76. The van der Waals surface area contributed by atoms with Gasteiger partial charge in [0, 0.05) is 40.4 Å². The van der Waals surface area contributed by atoms with Crippen molar-refractivity contribution in [2.45, 2.75) is 48.6 Å². The summed E-state index contributed by atoms with van der Waals surface area (Å²) in [4.78, 5) is 39.8. The van der Waals surface area contributed by atoms with Crippen molar-refractivity contribution < 1.29 is 14.3 Å². The number of fused-ring (bicyclic) bond motifs is 1. The molecular formula is C30H31N3O4S. The summed E-state index contributed by atoms with van der Waals surface area (Å²) in [6.07, 6.45) is -0.336. The van der Waals surface area contributed by atoms with Crippen molar-refractivity contribution in [3.8, 4) is 0 Å². The summed E-state index contributed by atoms with van der Waals surface area (Å²) in [6.45, 7) is 5.32. The molecule has 0 aliphatic rings. The van der Waals surface area contributed by atoms with Crippen LogP contribution in [0.5, 0.6) is 0 Å². The van der Waals surface area contributed by atoms with Crippen LogP contribution in [0.15, 0.2) is 99.5 Å². The Labute approximate surface area is 226 Å². The molecule has 1 atom stereocenters. The van der Waals surface area contributed by atoms with Gasteiger partial charge in [-0.3, -0.25) is 9.59 Å². The highest BCUT2D eigenvalue weighted by Crippen LogP contribution is 2.33. The summed E-state index contributed by atoms with van der Waals surface area (Å²) in [5.41, 5.74) is 1.62. The predicted octanol–water partition coefficient (Wildman–Crippen LogP) is 5.76. The van der Waals surface area contributed by atoms with E-state index in [-0.39, 0.29) is 11.5 Å². The molecule has 4 rings (SSSR count). The normalized spacial score (nSPS) is 12.1. The van der Waals surface area contributed by atoms with Gasteiger partial charge in [-0.2, -0.15) is 0 Å². The summed E-state index contributed by atoms with van der Waals surface area (Å²) in [5.74, 6) is -0.349. The largest absolute Gasteiger partial charge is 0.444 e. The molecule has 0 aliphatic carbocycles. The summed E-state index contributed by atoms with van der Waals surface area (Å²) in [6, 6.07) is 25.5. The molecule has 0 radical (unpaired) electrons. The molecule has 196 valence electrons. The Hall–Kier alpha value is -4.04.